The third-order valence-electron chi connectivity index (χ3n) is 2.85. The maximum atomic E-state index is 12.2. The number of carbonyl (C=O) groups is 1. The average molecular weight is 240 g/mol. The minimum atomic E-state index is -0.365. The fourth-order valence-electron chi connectivity index (χ4n) is 1.98. The monoisotopic (exact) mass is 240 g/mol. The van der Waals surface area contributed by atoms with Crippen LogP contribution in [0.2, 0.25) is 0 Å². The van der Waals surface area contributed by atoms with Gasteiger partial charge in [0.15, 0.2) is 0 Å². The highest BCUT2D eigenvalue weighted by molar-refractivity contribution is 7.11. The van der Waals surface area contributed by atoms with Gasteiger partial charge in [0.2, 0.25) is 0 Å². The molecule has 0 spiro atoms. The zero-order valence-corrected chi connectivity index (χ0v) is 10.2. The molecule has 16 heavy (non-hydrogen) atoms. The molecule has 1 amide bonds. The van der Waals surface area contributed by atoms with Crippen molar-refractivity contribution in [1.29, 1.82) is 0 Å². The van der Waals surface area contributed by atoms with Crippen LogP contribution in [0.3, 0.4) is 0 Å². The van der Waals surface area contributed by atoms with E-state index in [9.17, 15) is 9.90 Å². The van der Waals surface area contributed by atoms with E-state index in [4.69, 9.17) is 0 Å². The van der Waals surface area contributed by atoms with Crippen molar-refractivity contribution in [2.75, 3.05) is 13.1 Å². The van der Waals surface area contributed by atoms with Crippen LogP contribution in [0.5, 0.6) is 0 Å². The molecule has 1 fully saturated rings. The SMILES string of the molecule is CCc1ncsc1C(=O)N1CCCC(O)C1. The number of hydrogen-bond donors (Lipinski definition) is 1. The number of aryl methyl sites for hydroxylation is 1. The second-order valence-electron chi connectivity index (χ2n) is 4.03. The molecule has 1 aliphatic rings. The molecule has 4 nitrogen and oxygen atoms in total. The van der Waals surface area contributed by atoms with Gasteiger partial charge < -0.3 is 10.0 Å². The first-order chi connectivity index (χ1) is 7.72. The minimum Gasteiger partial charge on any atom is -0.391 e. The van der Waals surface area contributed by atoms with Crippen LogP contribution in [0.25, 0.3) is 0 Å². The Morgan fingerprint density at radius 1 is 1.75 bits per heavy atom. The van der Waals surface area contributed by atoms with Gasteiger partial charge in [-0.05, 0) is 19.3 Å². The lowest BCUT2D eigenvalue weighted by Crippen LogP contribution is -2.42. The molecule has 2 rings (SSSR count). The Labute approximate surface area is 98.9 Å². The molecule has 1 N–H and O–H groups in total. The predicted molar refractivity (Wildman–Crippen MR) is 62.6 cm³/mol. The second-order valence-corrected chi connectivity index (χ2v) is 4.88. The van der Waals surface area contributed by atoms with Crippen LogP contribution in [0.1, 0.15) is 35.1 Å². The Morgan fingerprint density at radius 2 is 2.56 bits per heavy atom. The topological polar surface area (TPSA) is 53.4 Å². The number of rotatable bonds is 2. The van der Waals surface area contributed by atoms with E-state index in [2.05, 4.69) is 4.98 Å². The number of likely N-dealkylation sites (tertiary alicyclic amines) is 1. The fraction of sp³-hybridized carbons (Fsp3) is 0.636. The van der Waals surface area contributed by atoms with Gasteiger partial charge in [0.05, 0.1) is 17.3 Å². The van der Waals surface area contributed by atoms with Gasteiger partial charge >= 0.3 is 0 Å². The van der Waals surface area contributed by atoms with Crippen molar-refractivity contribution in [3.05, 3.63) is 16.1 Å². The number of hydrogen-bond acceptors (Lipinski definition) is 4. The van der Waals surface area contributed by atoms with E-state index in [0.717, 1.165) is 36.4 Å². The zero-order valence-electron chi connectivity index (χ0n) is 9.35. The Morgan fingerprint density at radius 3 is 3.25 bits per heavy atom. The number of β-amino-alcohol motifs (C(OH)–C–C–N with tert-alkyl or cyclic N) is 1. The smallest absolute Gasteiger partial charge is 0.265 e. The molecule has 0 bridgehead atoms. The van der Waals surface area contributed by atoms with Gasteiger partial charge in [-0.2, -0.15) is 0 Å². The number of aromatic nitrogens is 1. The molecular formula is C11H16N2O2S. The molecule has 1 saturated heterocycles. The number of nitrogens with zero attached hydrogens (tertiary/aromatic N) is 2. The quantitative estimate of drug-likeness (QED) is 0.848. The van der Waals surface area contributed by atoms with Gasteiger partial charge in [-0.3, -0.25) is 4.79 Å². The summed E-state index contributed by atoms with van der Waals surface area (Å²) < 4.78 is 0. The van der Waals surface area contributed by atoms with Gasteiger partial charge in [0.25, 0.3) is 5.91 Å². The summed E-state index contributed by atoms with van der Waals surface area (Å²) in [5.41, 5.74) is 2.59. The van der Waals surface area contributed by atoms with Crippen molar-refractivity contribution in [2.45, 2.75) is 32.3 Å². The maximum Gasteiger partial charge on any atom is 0.265 e. The van der Waals surface area contributed by atoms with Crippen LogP contribution < -0.4 is 0 Å². The highest BCUT2D eigenvalue weighted by atomic mass is 32.1. The summed E-state index contributed by atoms with van der Waals surface area (Å²) in [6.07, 6.45) is 2.09. The first-order valence-electron chi connectivity index (χ1n) is 5.62. The van der Waals surface area contributed by atoms with Crippen LogP contribution in [-0.2, 0) is 6.42 Å². The standard InChI is InChI=1S/C11H16N2O2S/c1-2-9-10(16-7-12-9)11(15)13-5-3-4-8(14)6-13/h7-8,14H,2-6H2,1H3. The minimum absolute atomic E-state index is 0.0260. The molecule has 1 atom stereocenters. The van der Waals surface area contributed by atoms with Crippen molar-refractivity contribution >= 4 is 17.2 Å². The summed E-state index contributed by atoms with van der Waals surface area (Å²) >= 11 is 1.39. The van der Waals surface area contributed by atoms with Gasteiger partial charge in [0, 0.05) is 13.1 Å². The predicted octanol–water partition coefficient (Wildman–Crippen LogP) is 1.30. The van der Waals surface area contributed by atoms with Crippen molar-refractivity contribution in [1.82, 2.24) is 9.88 Å². The average Bonchev–Trinajstić information content (AvgIpc) is 2.76. The molecule has 0 radical (unpaired) electrons. The third-order valence-corrected chi connectivity index (χ3v) is 3.71. The van der Waals surface area contributed by atoms with E-state index in [0.29, 0.717) is 6.54 Å². The molecule has 2 heterocycles. The van der Waals surface area contributed by atoms with Crippen LogP contribution in [0, 0.1) is 0 Å². The summed E-state index contributed by atoms with van der Waals surface area (Å²) in [5.74, 6) is 0.0260. The summed E-state index contributed by atoms with van der Waals surface area (Å²) in [4.78, 5) is 18.8. The lowest BCUT2D eigenvalue weighted by atomic mass is 10.1. The molecule has 88 valence electrons. The summed E-state index contributed by atoms with van der Waals surface area (Å²) in [6, 6.07) is 0. The number of carbonyl (C=O) groups excluding carboxylic acids is 1. The van der Waals surface area contributed by atoms with Gasteiger partial charge in [-0.1, -0.05) is 6.92 Å². The largest absolute Gasteiger partial charge is 0.391 e. The third kappa shape index (κ3) is 2.25. The Hall–Kier alpha value is -0.940. The number of piperidine rings is 1. The highest BCUT2D eigenvalue weighted by Crippen LogP contribution is 2.19. The molecule has 0 aromatic carbocycles. The van der Waals surface area contributed by atoms with Crippen LogP contribution >= 0.6 is 11.3 Å². The molecule has 1 aliphatic heterocycles. The van der Waals surface area contributed by atoms with Crippen LogP contribution in [0.15, 0.2) is 5.51 Å². The summed E-state index contributed by atoms with van der Waals surface area (Å²) in [6.45, 7) is 3.20. The van der Waals surface area contributed by atoms with Gasteiger partial charge in [-0.25, -0.2) is 4.98 Å². The molecule has 5 heteroatoms. The molecule has 1 aromatic rings. The maximum absolute atomic E-state index is 12.2. The van der Waals surface area contributed by atoms with E-state index in [-0.39, 0.29) is 12.0 Å². The molecule has 1 unspecified atom stereocenters. The molecule has 0 aliphatic carbocycles. The second kappa shape index (κ2) is 4.93. The number of thiazole rings is 1. The number of aliphatic hydroxyl groups excluding tert-OH is 1. The van der Waals surface area contributed by atoms with E-state index >= 15 is 0 Å². The fourth-order valence-corrected chi connectivity index (χ4v) is 2.83. The molecule has 0 saturated carbocycles. The Kier molecular flexibility index (Phi) is 3.56. The highest BCUT2D eigenvalue weighted by Gasteiger charge is 2.25. The Balaban J connectivity index is 2.12. The van der Waals surface area contributed by atoms with Crippen molar-refractivity contribution in [2.24, 2.45) is 0 Å². The normalized spacial score (nSPS) is 21.1. The van der Waals surface area contributed by atoms with E-state index < -0.39 is 0 Å². The zero-order chi connectivity index (χ0) is 11.5. The van der Waals surface area contributed by atoms with E-state index in [1.54, 1.807) is 10.4 Å². The first-order valence-corrected chi connectivity index (χ1v) is 6.50. The lowest BCUT2D eigenvalue weighted by molar-refractivity contribution is 0.0476. The molecule has 1 aromatic heterocycles. The van der Waals surface area contributed by atoms with Crippen molar-refractivity contribution in [3.8, 4) is 0 Å². The van der Waals surface area contributed by atoms with E-state index in [1.807, 2.05) is 6.92 Å². The van der Waals surface area contributed by atoms with Crippen molar-refractivity contribution in [3.63, 3.8) is 0 Å². The summed E-state index contributed by atoms with van der Waals surface area (Å²) in [5, 5.41) is 9.55. The number of amides is 1. The van der Waals surface area contributed by atoms with Crippen LogP contribution in [-0.4, -0.2) is 40.1 Å². The molecular weight excluding hydrogens is 224 g/mol. The first kappa shape index (κ1) is 11.5. The summed E-state index contributed by atoms with van der Waals surface area (Å²) in [7, 11) is 0. The Bertz CT molecular complexity index is 378. The van der Waals surface area contributed by atoms with Gasteiger partial charge in [0.1, 0.15) is 4.88 Å². The lowest BCUT2D eigenvalue weighted by Gasteiger charge is -2.29. The van der Waals surface area contributed by atoms with E-state index in [1.165, 1.54) is 11.3 Å². The van der Waals surface area contributed by atoms with Gasteiger partial charge in [-0.15, -0.1) is 11.3 Å². The van der Waals surface area contributed by atoms with Crippen LogP contribution in [0.4, 0.5) is 0 Å². The van der Waals surface area contributed by atoms with Crippen molar-refractivity contribution < 1.29 is 9.90 Å². The number of aliphatic hydroxyl groups is 1.